The van der Waals surface area contributed by atoms with Crippen LogP contribution in [0.1, 0.15) is 12.8 Å². The maximum Gasteiger partial charge on any atom is 0.509 e. The van der Waals surface area contributed by atoms with Crippen LogP contribution in [0.3, 0.4) is 0 Å². The fourth-order valence-corrected chi connectivity index (χ4v) is 1.29. The van der Waals surface area contributed by atoms with Crippen molar-refractivity contribution in [2.45, 2.75) is 25.0 Å². The summed E-state index contributed by atoms with van der Waals surface area (Å²) < 4.78 is 9.71. The van der Waals surface area contributed by atoms with Crippen LogP contribution in [0.5, 0.6) is 0 Å². The third kappa shape index (κ3) is 0.781. The molecule has 0 aromatic carbocycles. The lowest BCUT2D eigenvalue weighted by Crippen LogP contribution is -2.23. The molecule has 0 bridgehead atoms. The van der Waals surface area contributed by atoms with Crippen LogP contribution < -0.4 is 0 Å². The highest BCUT2D eigenvalue weighted by Gasteiger charge is 2.36. The first kappa shape index (κ1) is 5.77. The minimum absolute atomic E-state index is 0.0162. The molecule has 2 aliphatic rings. The molecule has 3 nitrogen and oxygen atoms in total. The van der Waals surface area contributed by atoms with E-state index in [1.165, 1.54) is 0 Å². The second kappa shape index (κ2) is 2.01. The van der Waals surface area contributed by atoms with Crippen LogP contribution in [0.2, 0.25) is 0 Å². The Morgan fingerprint density at radius 1 is 1.20 bits per heavy atom. The molecule has 0 N–H and O–H groups in total. The standard InChI is InChI=1S/C7H8O3/c8-7-9-5-3-1-2-4-6(5)10-7/h1-2,5-6H,3-4H2/t5-,6-/m1/s1. The summed E-state index contributed by atoms with van der Waals surface area (Å²) in [4.78, 5) is 10.5. The van der Waals surface area contributed by atoms with Gasteiger partial charge >= 0.3 is 6.16 Å². The molecule has 1 aliphatic carbocycles. The number of carbonyl (C=O) groups is 1. The Hall–Kier alpha value is -0.990. The molecule has 1 saturated heterocycles. The zero-order valence-corrected chi connectivity index (χ0v) is 5.45. The molecule has 0 spiro atoms. The Kier molecular flexibility index (Phi) is 1.16. The summed E-state index contributed by atoms with van der Waals surface area (Å²) in [6, 6.07) is 0. The monoisotopic (exact) mass is 140 g/mol. The predicted molar refractivity (Wildman–Crippen MR) is 33.5 cm³/mol. The van der Waals surface area contributed by atoms with E-state index in [1.807, 2.05) is 12.2 Å². The molecule has 0 aromatic heterocycles. The third-order valence-corrected chi connectivity index (χ3v) is 1.81. The Bertz CT molecular complexity index is 167. The summed E-state index contributed by atoms with van der Waals surface area (Å²) in [5, 5.41) is 0. The van der Waals surface area contributed by atoms with E-state index < -0.39 is 6.16 Å². The lowest BCUT2D eigenvalue weighted by molar-refractivity contribution is 0.117. The molecule has 10 heavy (non-hydrogen) atoms. The van der Waals surface area contributed by atoms with Crippen molar-refractivity contribution in [3.05, 3.63) is 12.2 Å². The zero-order valence-electron chi connectivity index (χ0n) is 5.45. The first-order valence-electron chi connectivity index (χ1n) is 3.38. The number of hydrogen-bond acceptors (Lipinski definition) is 3. The van der Waals surface area contributed by atoms with E-state index in [0.29, 0.717) is 0 Å². The van der Waals surface area contributed by atoms with Crippen molar-refractivity contribution in [3.63, 3.8) is 0 Å². The molecule has 0 unspecified atom stereocenters. The van der Waals surface area contributed by atoms with Crippen molar-refractivity contribution in [1.29, 1.82) is 0 Å². The maximum absolute atomic E-state index is 10.5. The molecule has 0 radical (unpaired) electrons. The van der Waals surface area contributed by atoms with E-state index in [1.54, 1.807) is 0 Å². The average Bonchev–Trinajstić information content (AvgIpc) is 2.27. The summed E-state index contributed by atoms with van der Waals surface area (Å²) in [6.45, 7) is 0. The summed E-state index contributed by atoms with van der Waals surface area (Å²) in [6.07, 6.45) is 5.09. The second-order valence-corrected chi connectivity index (χ2v) is 2.51. The van der Waals surface area contributed by atoms with Crippen LogP contribution in [-0.4, -0.2) is 18.4 Å². The first-order chi connectivity index (χ1) is 4.86. The number of rotatable bonds is 0. The minimum atomic E-state index is -0.515. The number of carbonyl (C=O) groups excluding carboxylic acids is 1. The number of fused-ring (bicyclic) bond motifs is 1. The van der Waals surface area contributed by atoms with Crippen LogP contribution in [-0.2, 0) is 9.47 Å². The lowest BCUT2D eigenvalue weighted by atomic mass is 10.0. The van der Waals surface area contributed by atoms with Gasteiger partial charge in [0.1, 0.15) is 12.2 Å². The molecule has 2 rings (SSSR count). The van der Waals surface area contributed by atoms with E-state index in [4.69, 9.17) is 9.47 Å². The minimum Gasteiger partial charge on any atom is -0.427 e. The summed E-state index contributed by atoms with van der Waals surface area (Å²) in [5.74, 6) is 0. The van der Waals surface area contributed by atoms with Gasteiger partial charge < -0.3 is 9.47 Å². The average molecular weight is 140 g/mol. The van der Waals surface area contributed by atoms with Crippen molar-refractivity contribution < 1.29 is 14.3 Å². The largest absolute Gasteiger partial charge is 0.509 e. The molecule has 1 heterocycles. The molecular weight excluding hydrogens is 132 g/mol. The van der Waals surface area contributed by atoms with Gasteiger partial charge in [0.25, 0.3) is 0 Å². The topological polar surface area (TPSA) is 35.5 Å². The highest BCUT2D eigenvalue weighted by molar-refractivity contribution is 5.62. The van der Waals surface area contributed by atoms with Gasteiger partial charge in [-0.15, -0.1) is 0 Å². The molecule has 0 saturated carbocycles. The Morgan fingerprint density at radius 3 is 2.20 bits per heavy atom. The molecule has 2 atom stereocenters. The normalized spacial score (nSPS) is 36.6. The Labute approximate surface area is 58.6 Å². The van der Waals surface area contributed by atoms with Gasteiger partial charge in [-0.05, 0) is 0 Å². The molecular formula is C7H8O3. The fourth-order valence-electron chi connectivity index (χ4n) is 1.29. The van der Waals surface area contributed by atoms with Gasteiger partial charge in [-0.25, -0.2) is 4.79 Å². The van der Waals surface area contributed by atoms with Gasteiger partial charge in [0, 0.05) is 12.8 Å². The van der Waals surface area contributed by atoms with E-state index >= 15 is 0 Å². The maximum atomic E-state index is 10.5. The van der Waals surface area contributed by atoms with Gasteiger partial charge in [-0.1, -0.05) is 12.2 Å². The Balaban J connectivity index is 2.11. The van der Waals surface area contributed by atoms with E-state index in [-0.39, 0.29) is 12.2 Å². The van der Waals surface area contributed by atoms with Crippen molar-refractivity contribution in [2.75, 3.05) is 0 Å². The van der Waals surface area contributed by atoms with Crippen molar-refractivity contribution >= 4 is 6.16 Å². The van der Waals surface area contributed by atoms with Gasteiger partial charge in [0.15, 0.2) is 0 Å². The van der Waals surface area contributed by atoms with Crippen molar-refractivity contribution in [3.8, 4) is 0 Å². The van der Waals surface area contributed by atoms with Crippen molar-refractivity contribution in [2.24, 2.45) is 0 Å². The smallest absolute Gasteiger partial charge is 0.427 e. The van der Waals surface area contributed by atoms with E-state index in [2.05, 4.69) is 0 Å². The van der Waals surface area contributed by atoms with Crippen LogP contribution in [0.4, 0.5) is 4.79 Å². The first-order valence-corrected chi connectivity index (χ1v) is 3.38. The van der Waals surface area contributed by atoms with Gasteiger partial charge in [0.2, 0.25) is 0 Å². The number of ether oxygens (including phenoxy) is 2. The molecule has 0 aromatic rings. The molecule has 54 valence electrons. The Morgan fingerprint density at radius 2 is 1.70 bits per heavy atom. The van der Waals surface area contributed by atoms with Gasteiger partial charge in [-0.3, -0.25) is 0 Å². The van der Waals surface area contributed by atoms with E-state index in [0.717, 1.165) is 12.8 Å². The second-order valence-electron chi connectivity index (χ2n) is 2.51. The summed E-state index contributed by atoms with van der Waals surface area (Å²) in [7, 11) is 0. The molecule has 0 amide bonds. The number of hydrogen-bond donors (Lipinski definition) is 0. The SMILES string of the molecule is O=C1O[C@@H]2CC=CC[C@H]2O1. The molecule has 1 aliphatic heterocycles. The van der Waals surface area contributed by atoms with Gasteiger partial charge in [-0.2, -0.15) is 0 Å². The van der Waals surface area contributed by atoms with Crippen LogP contribution in [0.25, 0.3) is 0 Å². The fraction of sp³-hybridized carbons (Fsp3) is 0.571. The van der Waals surface area contributed by atoms with Crippen LogP contribution in [0, 0.1) is 0 Å². The predicted octanol–water partition coefficient (Wildman–Crippen LogP) is 1.24. The zero-order chi connectivity index (χ0) is 6.97. The molecule has 3 heteroatoms. The van der Waals surface area contributed by atoms with Crippen LogP contribution >= 0.6 is 0 Å². The molecule has 1 fully saturated rings. The lowest BCUT2D eigenvalue weighted by Gasteiger charge is -2.14. The highest BCUT2D eigenvalue weighted by Crippen LogP contribution is 2.24. The van der Waals surface area contributed by atoms with Crippen LogP contribution in [0.15, 0.2) is 12.2 Å². The van der Waals surface area contributed by atoms with Gasteiger partial charge in [0.05, 0.1) is 0 Å². The summed E-state index contributed by atoms with van der Waals surface area (Å²) in [5.41, 5.74) is 0. The van der Waals surface area contributed by atoms with E-state index in [9.17, 15) is 4.79 Å². The summed E-state index contributed by atoms with van der Waals surface area (Å²) >= 11 is 0. The third-order valence-electron chi connectivity index (χ3n) is 1.81. The quantitative estimate of drug-likeness (QED) is 0.375. The highest BCUT2D eigenvalue weighted by atomic mass is 16.8. The van der Waals surface area contributed by atoms with Crippen molar-refractivity contribution in [1.82, 2.24) is 0 Å².